The Morgan fingerprint density at radius 3 is 2.62 bits per heavy atom. The number of amides is 2. The fourth-order valence-electron chi connectivity index (χ4n) is 3.63. The predicted octanol–water partition coefficient (Wildman–Crippen LogP) is 1.47. The number of carbonyl (C=O) groups is 3. The van der Waals surface area contributed by atoms with Gasteiger partial charge in [0.2, 0.25) is 5.91 Å². The van der Waals surface area contributed by atoms with Crippen molar-refractivity contribution in [3.05, 3.63) is 29.8 Å². The Hall–Kier alpha value is -2.65. The normalized spacial score (nSPS) is 18.0. The zero-order chi connectivity index (χ0) is 23.5. The van der Waals surface area contributed by atoms with Gasteiger partial charge >= 0.3 is 5.97 Å². The predicted molar refractivity (Wildman–Crippen MR) is 121 cm³/mol. The van der Waals surface area contributed by atoms with Crippen molar-refractivity contribution in [3.63, 3.8) is 0 Å². The van der Waals surface area contributed by atoms with Crippen LogP contribution in [0.25, 0.3) is 0 Å². The second-order valence-electron chi connectivity index (χ2n) is 8.05. The van der Waals surface area contributed by atoms with Crippen LogP contribution in [0.4, 0.5) is 0 Å². The molecule has 0 bridgehead atoms. The topological polar surface area (TPSA) is 120 Å². The summed E-state index contributed by atoms with van der Waals surface area (Å²) in [6.07, 6.45) is 4.87. The molecule has 1 aliphatic rings. The van der Waals surface area contributed by atoms with Gasteiger partial charge in [0.25, 0.3) is 5.91 Å². The summed E-state index contributed by atoms with van der Waals surface area (Å²) in [6, 6.07) is 5.50. The number of aryl methyl sites for hydroxylation is 1. The Kier molecular flexibility index (Phi) is 10.4. The number of nitrogens with zero attached hydrogens (tertiary/aromatic N) is 1. The van der Waals surface area contributed by atoms with E-state index in [0.717, 1.165) is 25.7 Å². The van der Waals surface area contributed by atoms with Gasteiger partial charge in [-0.1, -0.05) is 25.5 Å². The molecular weight excluding hydrogens is 412 g/mol. The van der Waals surface area contributed by atoms with Crippen LogP contribution < -0.4 is 20.8 Å². The maximum Gasteiger partial charge on any atom is 0.320 e. The van der Waals surface area contributed by atoms with Crippen LogP contribution in [0, 0.1) is 0 Å². The number of hydrazine groups is 1. The number of ether oxygens (including phenoxy) is 1. The van der Waals surface area contributed by atoms with Crippen LogP contribution in [-0.2, 0) is 20.8 Å². The van der Waals surface area contributed by atoms with Crippen LogP contribution in [0.5, 0.6) is 5.75 Å². The van der Waals surface area contributed by atoms with Crippen LogP contribution in [0.1, 0.15) is 51.5 Å². The van der Waals surface area contributed by atoms with Crippen LogP contribution in [0.2, 0.25) is 0 Å². The van der Waals surface area contributed by atoms with Crippen molar-refractivity contribution in [3.8, 4) is 5.75 Å². The zero-order valence-electron chi connectivity index (χ0n) is 19.2. The molecule has 0 radical (unpaired) electrons. The number of hydrogen-bond acceptors (Lipinski definition) is 6. The van der Waals surface area contributed by atoms with Crippen molar-refractivity contribution in [2.24, 2.45) is 0 Å². The lowest BCUT2D eigenvalue weighted by Gasteiger charge is -2.37. The van der Waals surface area contributed by atoms with E-state index in [1.807, 2.05) is 24.3 Å². The fourth-order valence-corrected chi connectivity index (χ4v) is 3.63. The summed E-state index contributed by atoms with van der Waals surface area (Å²) in [5.41, 5.74) is 4.24. The number of carboxylic acid groups (broad SMARTS) is 1. The molecule has 0 unspecified atom stereocenters. The van der Waals surface area contributed by atoms with Gasteiger partial charge in [-0.2, -0.15) is 0 Å². The van der Waals surface area contributed by atoms with Crippen molar-refractivity contribution in [1.29, 1.82) is 0 Å². The molecule has 4 N–H and O–H groups in total. The number of likely N-dealkylation sites (N-methyl/N-ethyl adjacent to an activating group) is 1. The Morgan fingerprint density at radius 2 is 2.00 bits per heavy atom. The van der Waals surface area contributed by atoms with E-state index in [1.54, 1.807) is 0 Å². The second kappa shape index (κ2) is 13.0. The summed E-state index contributed by atoms with van der Waals surface area (Å²) in [7, 11) is 1.53. The van der Waals surface area contributed by atoms with E-state index >= 15 is 0 Å². The Balaban J connectivity index is 2.03. The lowest BCUT2D eigenvalue weighted by Crippen LogP contribution is -2.63. The molecule has 1 heterocycles. The van der Waals surface area contributed by atoms with Gasteiger partial charge in [0.1, 0.15) is 17.8 Å². The second-order valence-corrected chi connectivity index (χ2v) is 8.05. The van der Waals surface area contributed by atoms with E-state index in [0.29, 0.717) is 18.7 Å². The minimum atomic E-state index is -1.05. The molecule has 178 valence electrons. The van der Waals surface area contributed by atoms with Crippen LogP contribution in [0.3, 0.4) is 0 Å². The maximum absolute atomic E-state index is 13.2. The number of aliphatic carboxylic acids is 1. The summed E-state index contributed by atoms with van der Waals surface area (Å²) >= 11 is 0. The van der Waals surface area contributed by atoms with Crippen molar-refractivity contribution in [2.45, 2.75) is 70.5 Å². The van der Waals surface area contributed by atoms with E-state index in [-0.39, 0.29) is 24.8 Å². The highest BCUT2D eigenvalue weighted by Gasteiger charge is 2.36. The smallest absolute Gasteiger partial charge is 0.320 e. The number of benzene rings is 1. The third kappa shape index (κ3) is 7.49. The molecule has 2 amide bonds. The molecule has 32 heavy (non-hydrogen) atoms. The minimum absolute atomic E-state index is 0.225. The molecule has 1 fully saturated rings. The molecule has 3 atom stereocenters. The molecule has 0 aliphatic carbocycles. The van der Waals surface area contributed by atoms with E-state index in [4.69, 9.17) is 4.74 Å². The first-order valence-electron chi connectivity index (χ1n) is 11.4. The minimum Gasteiger partial charge on any atom is -0.494 e. The van der Waals surface area contributed by atoms with E-state index < -0.39 is 24.1 Å². The van der Waals surface area contributed by atoms with Crippen LogP contribution >= 0.6 is 0 Å². The Morgan fingerprint density at radius 1 is 1.28 bits per heavy atom. The standard InChI is InChI=1S/C23H36N4O5/c1-4-5-7-17-9-11-18(12-10-17)32-15-13-19(26-16(2)23(30)31)22(29)27-20(21(28)24-3)8-6-14-25-27/h9-12,16,19-20,25-26H,4-8,13-15H2,1-3H3,(H,24,28)(H,30,31)/t16-,19+,20+/m1/s1. The molecule has 9 heteroatoms. The summed E-state index contributed by atoms with van der Waals surface area (Å²) in [6.45, 7) is 4.44. The lowest BCUT2D eigenvalue weighted by atomic mass is 10.1. The fraction of sp³-hybridized carbons (Fsp3) is 0.609. The van der Waals surface area contributed by atoms with Gasteiger partial charge in [0, 0.05) is 20.0 Å². The molecule has 2 rings (SSSR count). The van der Waals surface area contributed by atoms with Crippen molar-refractivity contribution in [2.75, 3.05) is 20.2 Å². The highest BCUT2D eigenvalue weighted by molar-refractivity contribution is 5.90. The number of rotatable bonds is 12. The molecule has 1 aromatic carbocycles. The van der Waals surface area contributed by atoms with Gasteiger partial charge in [-0.05, 0) is 50.3 Å². The molecule has 0 aromatic heterocycles. The zero-order valence-corrected chi connectivity index (χ0v) is 19.2. The van der Waals surface area contributed by atoms with Gasteiger partial charge in [0.05, 0.1) is 12.6 Å². The van der Waals surface area contributed by atoms with Crippen molar-refractivity contribution >= 4 is 17.8 Å². The van der Waals surface area contributed by atoms with Gasteiger partial charge in [-0.25, -0.2) is 5.43 Å². The average molecular weight is 449 g/mol. The Bertz CT molecular complexity index is 755. The number of carbonyl (C=O) groups excluding carboxylic acids is 2. The summed E-state index contributed by atoms with van der Waals surface area (Å²) in [4.78, 5) is 36.8. The van der Waals surface area contributed by atoms with Crippen LogP contribution in [0.15, 0.2) is 24.3 Å². The SMILES string of the molecule is CCCCc1ccc(OCC[C@H](N[C@H](C)C(=O)O)C(=O)N2NCCC[C@H]2C(=O)NC)cc1. The first kappa shape index (κ1) is 25.6. The number of carboxylic acids is 1. The molecule has 1 saturated heterocycles. The average Bonchev–Trinajstić information content (AvgIpc) is 2.81. The molecule has 1 aromatic rings. The van der Waals surface area contributed by atoms with Gasteiger partial charge in [-0.15, -0.1) is 0 Å². The summed E-state index contributed by atoms with van der Waals surface area (Å²) < 4.78 is 5.81. The number of unbranched alkanes of at least 4 members (excludes halogenated alkanes) is 1. The van der Waals surface area contributed by atoms with E-state index in [1.165, 1.54) is 24.5 Å². The highest BCUT2D eigenvalue weighted by atomic mass is 16.5. The van der Waals surface area contributed by atoms with Gasteiger partial charge in [0.15, 0.2) is 0 Å². The van der Waals surface area contributed by atoms with E-state index in [2.05, 4.69) is 23.0 Å². The quantitative estimate of drug-likeness (QED) is 0.382. The monoisotopic (exact) mass is 448 g/mol. The van der Waals surface area contributed by atoms with Crippen LogP contribution in [-0.4, -0.2) is 66.2 Å². The molecule has 0 saturated carbocycles. The van der Waals surface area contributed by atoms with Crippen molar-refractivity contribution < 1.29 is 24.2 Å². The van der Waals surface area contributed by atoms with Crippen molar-refractivity contribution in [1.82, 2.24) is 21.1 Å². The lowest BCUT2D eigenvalue weighted by molar-refractivity contribution is -0.149. The molecular formula is C23H36N4O5. The molecule has 1 aliphatic heterocycles. The molecule has 0 spiro atoms. The summed E-state index contributed by atoms with van der Waals surface area (Å²) in [5, 5.41) is 16.1. The number of hydrogen-bond donors (Lipinski definition) is 4. The first-order valence-corrected chi connectivity index (χ1v) is 11.4. The number of nitrogens with one attached hydrogen (secondary N) is 3. The largest absolute Gasteiger partial charge is 0.494 e. The molecule has 9 nitrogen and oxygen atoms in total. The highest BCUT2D eigenvalue weighted by Crippen LogP contribution is 2.16. The third-order valence-corrected chi connectivity index (χ3v) is 5.57. The maximum atomic E-state index is 13.2. The third-order valence-electron chi connectivity index (χ3n) is 5.57. The van der Waals surface area contributed by atoms with Gasteiger partial charge < -0.3 is 15.2 Å². The summed E-state index contributed by atoms with van der Waals surface area (Å²) in [5.74, 6) is -0.984. The van der Waals surface area contributed by atoms with E-state index in [9.17, 15) is 19.5 Å². The van der Waals surface area contributed by atoms with Gasteiger partial charge in [-0.3, -0.25) is 24.7 Å². The Labute approximate surface area is 189 Å². The first-order chi connectivity index (χ1) is 15.4.